The summed E-state index contributed by atoms with van der Waals surface area (Å²) in [7, 11) is 1.68. The molecule has 9 heteroatoms. The van der Waals surface area contributed by atoms with Gasteiger partial charge in [-0.3, -0.25) is 9.59 Å². The molecule has 2 amide bonds. The Bertz CT molecular complexity index is 995. The highest BCUT2D eigenvalue weighted by molar-refractivity contribution is 5.83. The lowest BCUT2D eigenvalue weighted by Crippen LogP contribution is -2.56. The van der Waals surface area contributed by atoms with Crippen LogP contribution in [0.15, 0.2) is 24.3 Å². The van der Waals surface area contributed by atoms with Gasteiger partial charge in [0.15, 0.2) is 0 Å². The van der Waals surface area contributed by atoms with E-state index >= 15 is 0 Å². The maximum absolute atomic E-state index is 13.7. The fourth-order valence-corrected chi connectivity index (χ4v) is 5.74. The van der Waals surface area contributed by atoms with Crippen LogP contribution in [0, 0.1) is 16.7 Å². The Kier molecular flexibility index (Phi) is 7.74. The molecule has 4 rings (SSSR count). The zero-order valence-corrected chi connectivity index (χ0v) is 21.6. The van der Waals surface area contributed by atoms with Crippen molar-refractivity contribution in [1.29, 1.82) is 5.26 Å². The summed E-state index contributed by atoms with van der Waals surface area (Å²) in [6.45, 7) is 7.12. The smallest absolute Gasteiger partial charge is 0.237 e. The van der Waals surface area contributed by atoms with Gasteiger partial charge < -0.3 is 24.8 Å². The second kappa shape index (κ2) is 10.6. The van der Waals surface area contributed by atoms with Crippen LogP contribution >= 0.6 is 0 Å². The topological polar surface area (TPSA) is 88.9 Å². The van der Waals surface area contributed by atoms with Crippen molar-refractivity contribution >= 4 is 17.5 Å². The summed E-state index contributed by atoms with van der Waals surface area (Å²) in [6.07, 6.45) is 1.99. The number of rotatable bonds is 6. The average molecular weight is 500 g/mol. The fourth-order valence-electron chi connectivity index (χ4n) is 5.74. The lowest BCUT2D eigenvalue weighted by molar-refractivity contribution is -0.144. The van der Waals surface area contributed by atoms with Gasteiger partial charge in [0.2, 0.25) is 11.8 Å². The van der Waals surface area contributed by atoms with Crippen LogP contribution in [0.2, 0.25) is 0 Å². The average Bonchev–Trinajstić information content (AvgIpc) is 3.29. The van der Waals surface area contributed by atoms with Crippen molar-refractivity contribution in [1.82, 2.24) is 15.1 Å². The van der Waals surface area contributed by atoms with Crippen molar-refractivity contribution in [3.05, 3.63) is 24.3 Å². The van der Waals surface area contributed by atoms with Gasteiger partial charge in [-0.2, -0.15) is 5.26 Å². The van der Waals surface area contributed by atoms with Gasteiger partial charge in [-0.1, -0.05) is 19.1 Å². The minimum absolute atomic E-state index is 0.00760. The molecule has 1 N–H and O–H groups in total. The van der Waals surface area contributed by atoms with Crippen molar-refractivity contribution in [3.63, 3.8) is 0 Å². The number of nitrogens with one attached hydrogen (secondary N) is 1. The fraction of sp³-hybridized carbons (Fsp3) is 0.667. The number of ether oxygens (including phenoxy) is 1. The quantitative estimate of drug-likeness (QED) is 0.648. The molecule has 1 aliphatic carbocycles. The Labute approximate surface area is 213 Å². The molecular weight excluding hydrogens is 461 g/mol. The SMILES string of the molecule is COc1ccccc1N1CCN(C(=O)C2(C)CCC(C)(NCC(=O)N3C[C@@H](F)C[C@H]3C#N)CC2)CC1. The third-order valence-corrected chi connectivity index (χ3v) is 8.35. The molecule has 3 fully saturated rings. The molecule has 1 aromatic carbocycles. The summed E-state index contributed by atoms with van der Waals surface area (Å²) >= 11 is 0. The van der Waals surface area contributed by atoms with E-state index < -0.39 is 17.6 Å². The summed E-state index contributed by atoms with van der Waals surface area (Å²) in [5.74, 6) is 0.822. The van der Waals surface area contributed by atoms with Gasteiger partial charge in [0, 0.05) is 43.6 Å². The number of nitriles is 1. The number of anilines is 1. The van der Waals surface area contributed by atoms with Crippen LogP contribution in [0.25, 0.3) is 0 Å². The molecule has 2 heterocycles. The lowest BCUT2D eigenvalue weighted by atomic mass is 9.68. The predicted molar refractivity (Wildman–Crippen MR) is 135 cm³/mol. The molecule has 2 saturated heterocycles. The van der Waals surface area contributed by atoms with Crippen molar-refractivity contribution in [3.8, 4) is 11.8 Å². The summed E-state index contributed by atoms with van der Waals surface area (Å²) in [4.78, 5) is 31.8. The number of alkyl halides is 1. The number of hydrogen-bond acceptors (Lipinski definition) is 6. The molecule has 3 aliphatic rings. The van der Waals surface area contributed by atoms with Gasteiger partial charge in [-0.15, -0.1) is 0 Å². The van der Waals surface area contributed by atoms with Gasteiger partial charge in [0.05, 0.1) is 32.0 Å². The second-order valence-electron chi connectivity index (χ2n) is 10.9. The largest absolute Gasteiger partial charge is 0.495 e. The highest BCUT2D eigenvalue weighted by Gasteiger charge is 2.44. The molecule has 8 nitrogen and oxygen atoms in total. The number of amides is 2. The molecule has 0 bridgehead atoms. The third kappa shape index (κ3) is 5.44. The minimum atomic E-state index is -1.13. The molecule has 0 radical (unpaired) electrons. The van der Waals surface area contributed by atoms with Crippen LogP contribution in [-0.4, -0.2) is 85.7 Å². The summed E-state index contributed by atoms with van der Waals surface area (Å²) < 4.78 is 19.2. The highest BCUT2D eigenvalue weighted by Crippen LogP contribution is 2.42. The maximum Gasteiger partial charge on any atom is 0.237 e. The van der Waals surface area contributed by atoms with E-state index in [0.717, 1.165) is 50.2 Å². The molecule has 0 unspecified atom stereocenters. The number of likely N-dealkylation sites (tertiary alicyclic amines) is 1. The van der Waals surface area contributed by atoms with E-state index in [0.29, 0.717) is 13.1 Å². The number of hydrogen-bond donors (Lipinski definition) is 1. The van der Waals surface area contributed by atoms with Crippen molar-refractivity contribution in [2.45, 2.75) is 63.7 Å². The Balaban J connectivity index is 1.27. The normalized spacial score (nSPS) is 30.7. The van der Waals surface area contributed by atoms with Gasteiger partial charge >= 0.3 is 0 Å². The van der Waals surface area contributed by atoms with Crippen LogP contribution in [0.3, 0.4) is 0 Å². The van der Waals surface area contributed by atoms with Crippen molar-refractivity contribution in [2.24, 2.45) is 5.41 Å². The first-order valence-electron chi connectivity index (χ1n) is 12.9. The van der Waals surface area contributed by atoms with Crippen LogP contribution in [0.4, 0.5) is 10.1 Å². The Morgan fingerprint density at radius 1 is 1.14 bits per heavy atom. The number of carbonyl (C=O) groups is 2. The molecule has 2 aliphatic heterocycles. The van der Waals surface area contributed by atoms with Crippen LogP contribution in [-0.2, 0) is 9.59 Å². The van der Waals surface area contributed by atoms with Crippen LogP contribution in [0.5, 0.6) is 5.75 Å². The molecule has 0 aromatic heterocycles. The molecule has 0 spiro atoms. The van der Waals surface area contributed by atoms with Gasteiger partial charge in [0.25, 0.3) is 0 Å². The zero-order chi connectivity index (χ0) is 25.9. The van der Waals surface area contributed by atoms with Gasteiger partial charge in [-0.05, 0) is 44.7 Å². The Morgan fingerprint density at radius 3 is 2.44 bits per heavy atom. The van der Waals surface area contributed by atoms with E-state index in [2.05, 4.69) is 30.1 Å². The third-order valence-electron chi connectivity index (χ3n) is 8.35. The molecule has 1 saturated carbocycles. The van der Waals surface area contributed by atoms with E-state index in [1.165, 1.54) is 4.90 Å². The van der Waals surface area contributed by atoms with E-state index in [-0.39, 0.29) is 36.9 Å². The molecular formula is C27H38FN5O3. The Morgan fingerprint density at radius 2 is 1.81 bits per heavy atom. The van der Waals surface area contributed by atoms with E-state index in [1.807, 2.05) is 29.2 Å². The summed E-state index contributed by atoms with van der Waals surface area (Å²) in [5, 5.41) is 12.6. The molecule has 196 valence electrons. The Hall–Kier alpha value is -2.86. The van der Waals surface area contributed by atoms with Crippen molar-refractivity contribution in [2.75, 3.05) is 51.3 Å². The number of methoxy groups -OCH3 is 1. The highest BCUT2D eigenvalue weighted by atomic mass is 19.1. The van der Waals surface area contributed by atoms with Crippen molar-refractivity contribution < 1.29 is 18.7 Å². The van der Waals surface area contributed by atoms with Crippen LogP contribution < -0.4 is 15.0 Å². The summed E-state index contributed by atoms with van der Waals surface area (Å²) in [6, 6.07) is 9.32. The molecule has 1 aromatic rings. The zero-order valence-electron chi connectivity index (χ0n) is 21.6. The van der Waals surface area contributed by atoms with E-state index in [1.54, 1.807) is 7.11 Å². The molecule has 2 atom stereocenters. The number of nitrogens with zero attached hydrogens (tertiary/aromatic N) is 4. The lowest BCUT2D eigenvalue weighted by Gasteiger charge is -2.46. The monoisotopic (exact) mass is 499 g/mol. The first kappa shape index (κ1) is 26.2. The second-order valence-corrected chi connectivity index (χ2v) is 10.9. The molecule has 36 heavy (non-hydrogen) atoms. The number of carbonyl (C=O) groups excluding carboxylic acids is 2. The maximum atomic E-state index is 13.7. The number of para-hydroxylation sites is 2. The van der Waals surface area contributed by atoms with Gasteiger partial charge in [-0.25, -0.2) is 4.39 Å². The number of halogens is 1. The standard InChI is InChI=1S/C27H38FN5O3/c1-26(25(35)32-14-12-31(13-15-32)22-6-4-5-7-23(22)36-3)8-10-27(2,11-9-26)30-18-24(34)33-19-20(28)16-21(33)17-29/h4-7,20-21,30H,8-16,18-19H2,1-3H3/t20-,21-,26?,27?/m0/s1. The first-order chi connectivity index (χ1) is 17.2. The minimum Gasteiger partial charge on any atom is -0.495 e. The number of benzene rings is 1. The predicted octanol–water partition coefficient (Wildman–Crippen LogP) is 2.73. The van der Waals surface area contributed by atoms with E-state index in [4.69, 9.17) is 4.74 Å². The number of piperazine rings is 1. The van der Waals surface area contributed by atoms with E-state index in [9.17, 15) is 19.2 Å². The summed E-state index contributed by atoms with van der Waals surface area (Å²) in [5.41, 5.74) is 0.374. The van der Waals surface area contributed by atoms with Gasteiger partial charge in [0.1, 0.15) is 18.0 Å². The first-order valence-corrected chi connectivity index (χ1v) is 12.9. The van der Waals surface area contributed by atoms with Crippen LogP contribution in [0.1, 0.15) is 46.0 Å².